The number of ketones is 1. The van der Waals surface area contributed by atoms with E-state index in [4.69, 9.17) is 9.47 Å². The van der Waals surface area contributed by atoms with Gasteiger partial charge in [0.15, 0.2) is 17.3 Å². The van der Waals surface area contributed by atoms with Gasteiger partial charge in [-0.1, -0.05) is 18.2 Å². The number of benzene rings is 2. The molecule has 0 atom stereocenters. The van der Waals surface area contributed by atoms with Gasteiger partial charge in [-0.15, -0.1) is 0 Å². The van der Waals surface area contributed by atoms with Gasteiger partial charge >= 0.3 is 0 Å². The molecule has 0 unspecified atom stereocenters. The fourth-order valence-electron chi connectivity index (χ4n) is 2.00. The van der Waals surface area contributed by atoms with Crippen LogP contribution in [0.15, 0.2) is 48.5 Å². The van der Waals surface area contributed by atoms with Crippen LogP contribution in [0.1, 0.15) is 22.8 Å². The normalized spacial score (nSPS) is 10.6. The highest BCUT2D eigenvalue weighted by Gasteiger charge is 2.07. The maximum atomic E-state index is 12.2. The summed E-state index contributed by atoms with van der Waals surface area (Å²) in [7, 11) is 1.44. The van der Waals surface area contributed by atoms with Crippen molar-refractivity contribution in [1.82, 2.24) is 0 Å². The summed E-state index contributed by atoms with van der Waals surface area (Å²) in [6.45, 7) is 2.47. The average molecular weight is 298 g/mol. The summed E-state index contributed by atoms with van der Waals surface area (Å²) in [4.78, 5) is 12.2. The molecular formula is C18H18O4. The first kappa shape index (κ1) is 15.6. The molecule has 0 aromatic heterocycles. The summed E-state index contributed by atoms with van der Waals surface area (Å²) >= 11 is 0. The van der Waals surface area contributed by atoms with Crippen LogP contribution < -0.4 is 9.47 Å². The lowest BCUT2D eigenvalue weighted by Gasteiger charge is -2.06. The number of phenolic OH excluding ortho intramolecular Hbond substituents is 1. The van der Waals surface area contributed by atoms with E-state index in [0.29, 0.717) is 12.2 Å². The van der Waals surface area contributed by atoms with Gasteiger partial charge in [0.25, 0.3) is 0 Å². The molecule has 4 nitrogen and oxygen atoms in total. The molecule has 0 amide bonds. The molecule has 0 saturated heterocycles. The Hall–Kier alpha value is -2.75. The lowest BCUT2D eigenvalue weighted by molar-refractivity contribution is 0.104. The molecule has 0 aliphatic heterocycles. The molecule has 1 N–H and O–H groups in total. The third kappa shape index (κ3) is 3.67. The number of rotatable bonds is 6. The van der Waals surface area contributed by atoms with Crippen molar-refractivity contribution in [1.29, 1.82) is 0 Å². The number of allylic oxidation sites excluding steroid dienone is 1. The molecule has 0 spiro atoms. The Morgan fingerprint density at radius 1 is 1.18 bits per heavy atom. The van der Waals surface area contributed by atoms with Gasteiger partial charge < -0.3 is 14.6 Å². The van der Waals surface area contributed by atoms with E-state index >= 15 is 0 Å². The van der Waals surface area contributed by atoms with Crippen LogP contribution in [0.3, 0.4) is 0 Å². The topological polar surface area (TPSA) is 55.8 Å². The first-order chi connectivity index (χ1) is 10.7. The predicted molar refractivity (Wildman–Crippen MR) is 85.6 cm³/mol. The van der Waals surface area contributed by atoms with E-state index in [2.05, 4.69) is 0 Å². The zero-order chi connectivity index (χ0) is 15.9. The molecule has 0 saturated carbocycles. The van der Waals surface area contributed by atoms with E-state index < -0.39 is 0 Å². The first-order valence-electron chi connectivity index (χ1n) is 6.97. The average Bonchev–Trinajstić information content (AvgIpc) is 2.54. The summed E-state index contributed by atoms with van der Waals surface area (Å²) in [5.41, 5.74) is 1.28. The van der Waals surface area contributed by atoms with E-state index in [-0.39, 0.29) is 17.3 Å². The maximum absolute atomic E-state index is 12.2. The molecule has 114 valence electrons. The molecule has 4 heteroatoms. The zero-order valence-corrected chi connectivity index (χ0v) is 12.6. The molecule has 2 aromatic carbocycles. The fraction of sp³-hybridized carbons (Fsp3) is 0.167. The largest absolute Gasteiger partial charge is 0.504 e. The Kier molecular flexibility index (Phi) is 5.20. The highest BCUT2D eigenvalue weighted by atomic mass is 16.5. The van der Waals surface area contributed by atoms with Crippen LogP contribution in [0, 0.1) is 0 Å². The van der Waals surface area contributed by atoms with Gasteiger partial charge in [0, 0.05) is 11.1 Å². The molecular weight excluding hydrogens is 280 g/mol. The van der Waals surface area contributed by atoms with E-state index in [9.17, 15) is 9.90 Å². The van der Waals surface area contributed by atoms with Gasteiger partial charge in [-0.2, -0.15) is 0 Å². The Labute approximate surface area is 129 Å². The maximum Gasteiger partial charge on any atom is 0.185 e. The molecule has 2 rings (SSSR count). The number of ether oxygens (including phenoxy) is 2. The number of aromatic hydroxyl groups is 1. The van der Waals surface area contributed by atoms with Crippen molar-refractivity contribution in [2.45, 2.75) is 6.92 Å². The molecule has 0 bridgehead atoms. The second-order valence-corrected chi connectivity index (χ2v) is 4.56. The third-order valence-electron chi connectivity index (χ3n) is 3.10. The van der Waals surface area contributed by atoms with E-state index in [1.54, 1.807) is 12.1 Å². The van der Waals surface area contributed by atoms with Gasteiger partial charge in [-0.25, -0.2) is 0 Å². The first-order valence-corrected chi connectivity index (χ1v) is 6.97. The van der Waals surface area contributed by atoms with E-state index in [1.165, 1.54) is 25.3 Å². The third-order valence-corrected chi connectivity index (χ3v) is 3.10. The van der Waals surface area contributed by atoms with Crippen molar-refractivity contribution in [3.05, 3.63) is 59.7 Å². The number of hydrogen-bond acceptors (Lipinski definition) is 4. The predicted octanol–water partition coefficient (Wildman–Crippen LogP) is 3.70. The van der Waals surface area contributed by atoms with Crippen molar-refractivity contribution in [2.75, 3.05) is 13.7 Å². The monoisotopic (exact) mass is 298 g/mol. The zero-order valence-electron chi connectivity index (χ0n) is 12.6. The van der Waals surface area contributed by atoms with Crippen LogP contribution >= 0.6 is 0 Å². The van der Waals surface area contributed by atoms with Crippen LogP contribution in [0.25, 0.3) is 6.08 Å². The number of carbonyl (C=O) groups is 1. The molecule has 0 aliphatic rings. The van der Waals surface area contributed by atoms with Gasteiger partial charge in [0.2, 0.25) is 0 Å². The van der Waals surface area contributed by atoms with Crippen LogP contribution in [0.4, 0.5) is 0 Å². The second-order valence-electron chi connectivity index (χ2n) is 4.56. The Morgan fingerprint density at radius 2 is 1.95 bits per heavy atom. The van der Waals surface area contributed by atoms with Gasteiger partial charge in [0.1, 0.15) is 5.75 Å². The van der Waals surface area contributed by atoms with Crippen molar-refractivity contribution in [2.24, 2.45) is 0 Å². The SMILES string of the molecule is CCOc1ccccc1C=CC(=O)c1ccc(O)c(OC)c1. The summed E-state index contributed by atoms with van der Waals surface area (Å²) in [5.74, 6) is 0.834. The van der Waals surface area contributed by atoms with Crippen LogP contribution in [0.5, 0.6) is 17.2 Å². The summed E-state index contributed by atoms with van der Waals surface area (Å²) in [5, 5.41) is 9.55. The minimum Gasteiger partial charge on any atom is -0.504 e. The number of para-hydroxylation sites is 1. The molecule has 0 radical (unpaired) electrons. The van der Waals surface area contributed by atoms with Gasteiger partial charge in [0.05, 0.1) is 13.7 Å². The molecule has 0 aliphatic carbocycles. The highest BCUT2D eigenvalue weighted by Crippen LogP contribution is 2.27. The molecule has 0 fully saturated rings. The Bertz CT molecular complexity index is 689. The van der Waals surface area contributed by atoms with Crippen molar-refractivity contribution < 1.29 is 19.4 Å². The Balaban J connectivity index is 2.21. The van der Waals surface area contributed by atoms with Gasteiger partial charge in [-0.05, 0) is 43.3 Å². The summed E-state index contributed by atoms with van der Waals surface area (Å²) in [6.07, 6.45) is 3.19. The van der Waals surface area contributed by atoms with Crippen molar-refractivity contribution in [3.63, 3.8) is 0 Å². The van der Waals surface area contributed by atoms with Crippen molar-refractivity contribution in [3.8, 4) is 17.2 Å². The quantitative estimate of drug-likeness (QED) is 0.652. The molecule has 22 heavy (non-hydrogen) atoms. The number of phenols is 1. The van der Waals surface area contributed by atoms with Crippen LogP contribution in [-0.2, 0) is 0 Å². The van der Waals surface area contributed by atoms with E-state index in [1.807, 2.05) is 31.2 Å². The highest BCUT2D eigenvalue weighted by molar-refractivity contribution is 6.07. The summed E-state index contributed by atoms with van der Waals surface area (Å²) in [6, 6.07) is 12.0. The standard InChI is InChI=1S/C18H18O4/c1-3-22-17-7-5-4-6-13(17)8-10-15(19)14-9-11-16(20)18(12-14)21-2/h4-12,20H,3H2,1-2H3. The number of carbonyl (C=O) groups excluding carboxylic acids is 1. The lowest BCUT2D eigenvalue weighted by Crippen LogP contribution is -1.96. The minimum absolute atomic E-state index is 0.00437. The smallest absolute Gasteiger partial charge is 0.185 e. The van der Waals surface area contributed by atoms with Crippen LogP contribution in [0.2, 0.25) is 0 Å². The van der Waals surface area contributed by atoms with Crippen molar-refractivity contribution >= 4 is 11.9 Å². The minimum atomic E-state index is -0.176. The molecule has 0 heterocycles. The summed E-state index contributed by atoms with van der Waals surface area (Å²) < 4.78 is 10.5. The second kappa shape index (κ2) is 7.31. The lowest BCUT2D eigenvalue weighted by atomic mass is 10.1. The Morgan fingerprint density at radius 3 is 2.68 bits per heavy atom. The van der Waals surface area contributed by atoms with Crippen LogP contribution in [-0.4, -0.2) is 24.6 Å². The molecule has 2 aromatic rings. The van der Waals surface area contributed by atoms with E-state index in [0.717, 1.165) is 11.3 Å². The fourth-order valence-corrected chi connectivity index (χ4v) is 2.00. The van der Waals surface area contributed by atoms with Gasteiger partial charge in [-0.3, -0.25) is 4.79 Å². The number of hydrogen-bond donors (Lipinski definition) is 1. The number of methoxy groups -OCH3 is 1.